The highest BCUT2D eigenvalue weighted by atomic mass is 35.5. The number of rotatable bonds is 3. The summed E-state index contributed by atoms with van der Waals surface area (Å²) in [6.45, 7) is 0.734. The minimum Gasteiger partial charge on any atom is -0.340 e. The molecule has 1 aromatic carbocycles. The van der Waals surface area contributed by atoms with E-state index in [2.05, 4.69) is 9.97 Å². The van der Waals surface area contributed by atoms with Gasteiger partial charge in [0.05, 0.1) is 34.3 Å². The number of hydrogen-bond acceptors (Lipinski definition) is 4. The zero-order valence-corrected chi connectivity index (χ0v) is 14.7. The number of alkyl halides is 2. The van der Waals surface area contributed by atoms with Crippen molar-refractivity contribution in [3.05, 3.63) is 53.3 Å². The molecule has 1 unspecified atom stereocenters. The molecular weight excluding hydrogens is 360 g/mol. The molecule has 8 heteroatoms. The van der Waals surface area contributed by atoms with Gasteiger partial charge in [0.2, 0.25) is 5.95 Å². The number of para-hydroxylation sites is 2. The van der Waals surface area contributed by atoms with E-state index in [-0.39, 0.29) is 19.5 Å². The van der Waals surface area contributed by atoms with Gasteiger partial charge in [0.25, 0.3) is 5.92 Å². The van der Waals surface area contributed by atoms with Crippen LogP contribution < -0.4 is 10.6 Å². The van der Waals surface area contributed by atoms with Crippen LogP contribution in [0.2, 0.25) is 5.02 Å². The molecule has 0 radical (unpaired) electrons. The molecule has 136 valence electrons. The average molecular weight is 378 g/mol. The molecule has 26 heavy (non-hydrogen) atoms. The first kappa shape index (κ1) is 17.2. The van der Waals surface area contributed by atoms with E-state index < -0.39 is 12.0 Å². The molecule has 1 atom stereocenters. The minimum atomic E-state index is -2.84. The van der Waals surface area contributed by atoms with Crippen molar-refractivity contribution in [2.24, 2.45) is 5.73 Å². The van der Waals surface area contributed by atoms with Crippen LogP contribution >= 0.6 is 11.6 Å². The van der Waals surface area contributed by atoms with Crippen LogP contribution in [0.1, 0.15) is 12.1 Å². The Labute approximate surface area is 154 Å². The fourth-order valence-corrected chi connectivity index (χ4v) is 3.35. The van der Waals surface area contributed by atoms with Gasteiger partial charge in [-0.05, 0) is 24.3 Å². The van der Waals surface area contributed by atoms with Gasteiger partial charge < -0.3 is 15.2 Å². The molecule has 5 nitrogen and oxygen atoms in total. The summed E-state index contributed by atoms with van der Waals surface area (Å²) in [6, 6.07) is 10.1. The van der Waals surface area contributed by atoms with Crippen LogP contribution in [0.25, 0.3) is 11.0 Å². The van der Waals surface area contributed by atoms with Crippen molar-refractivity contribution in [3.8, 4) is 0 Å². The van der Waals surface area contributed by atoms with E-state index in [1.807, 2.05) is 39.8 Å². The van der Waals surface area contributed by atoms with E-state index in [0.29, 0.717) is 17.5 Å². The summed E-state index contributed by atoms with van der Waals surface area (Å²) in [5.74, 6) is -2.21. The van der Waals surface area contributed by atoms with Crippen LogP contribution in [0.3, 0.4) is 0 Å². The first-order chi connectivity index (χ1) is 12.4. The Morgan fingerprint density at radius 3 is 2.77 bits per heavy atom. The van der Waals surface area contributed by atoms with Crippen molar-refractivity contribution >= 4 is 28.6 Å². The van der Waals surface area contributed by atoms with Gasteiger partial charge in [0.15, 0.2) is 0 Å². The number of anilines is 1. The van der Waals surface area contributed by atoms with Crippen LogP contribution in [0.5, 0.6) is 0 Å². The molecule has 1 aliphatic rings. The van der Waals surface area contributed by atoms with Crippen LogP contribution in [-0.4, -0.2) is 39.6 Å². The summed E-state index contributed by atoms with van der Waals surface area (Å²) in [6.07, 6.45) is 1.31. The summed E-state index contributed by atoms with van der Waals surface area (Å²) >= 11 is 5.91. The number of halogens is 3. The van der Waals surface area contributed by atoms with Gasteiger partial charge in [-0.1, -0.05) is 23.7 Å². The fourth-order valence-electron chi connectivity index (χ4n) is 3.24. The van der Waals surface area contributed by atoms with Crippen molar-refractivity contribution in [2.45, 2.75) is 24.9 Å². The van der Waals surface area contributed by atoms with E-state index in [4.69, 9.17) is 17.3 Å². The standard InChI is InChI=1S/C18H18ClF2N5/c19-12-5-6-13(23-9-12)10-26-15-4-2-1-3-14(15)24-17(26)25-8-7-18(20,21)16(22)11-25/h1-6,9,16H,7-8,10-11,22H2. The first-order valence-electron chi connectivity index (χ1n) is 8.38. The van der Waals surface area contributed by atoms with Crippen LogP contribution in [0.15, 0.2) is 42.6 Å². The lowest BCUT2D eigenvalue weighted by Crippen LogP contribution is -2.55. The molecule has 0 saturated carbocycles. The lowest BCUT2D eigenvalue weighted by atomic mass is 10.0. The van der Waals surface area contributed by atoms with Crippen LogP contribution in [0.4, 0.5) is 14.7 Å². The Morgan fingerprint density at radius 1 is 1.23 bits per heavy atom. The van der Waals surface area contributed by atoms with Gasteiger partial charge in [-0.15, -0.1) is 0 Å². The molecule has 1 aliphatic heterocycles. The number of piperidine rings is 1. The fraction of sp³-hybridized carbons (Fsp3) is 0.333. The third-order valence-electron chi connectivity index (χ3n) is 4.70. The number of aromatic nitrogens is 3. The molecule has 3 aromatic rings. The Morgan fingerprint density at radius 2 is 2.04 bits per heavy atom. The maximum Gasteiger partial charge on any atom is 0.266 e. The quantitative estimate of drug-likeness (QED) is 0.760. The van der Waals surface area contributed by atoms with Crippen LogP contribution in [-0.2, 0) is 6.54 Å². The first-order valence-corrected chi connectivity index (χ1v) is 8.76. The highest BCUT2D eigenvalue weighted by Gasteiger charge is 2.42. The molecule has 2 N–H and O–H groups in total. The second kappa shape index (κ2) is 6.48. The number of pyridine rings is 1. The van der Waals surface area contributed by atoms with Gasteiger partial charge in [-0.25, -0.2) is 13.8 Å². The molecule has 0 spiro atoms. The number of benzene rings is 1. The van der Waals surface area contributed by atoms with Gasteiger partial charge in [0, 0.05) is 25.7 Å². The topological polar surface area (TPSA) is 60.0 Å². The molecule has 2 aromatic heterocycles. The summed E-state index contributed by atoms with van der Waals surface area (Å²) in [5.41, 5.74) is 8.24. The van der Waals surface area contributed by atoms with Gasteiger partial charge in [-0.2, -0.15) is 0 Å². The summed E-state index contributed by atoms with van der Waals surface area (Å²) in [4.78, 5) is 10.8. The lowest BCUT2D eigenvalue weighted by Gasteiger charge is -2.37. The highest BCUT2D eigenvalue weighted by molar-refractivity contribution is 6.30. The Hall–Kier alpha value is -2.25. The predicted octanol–water partition coefficient (Wildman–Crippen LogP) is 3.31. The zero-order valence-electron chi connectivity index (χ0n) is 13.9. The Balaban J connectivity index is 1.73. The van der Waals surface area contributed by atoms with E-state index in [0.717, 1.165) is 16.7 Å². The van der Waals surface area contributed by atoms with Crippen molar-refractivity contribution in [2.75, 3.05) is 18.0 Å². The molecule has 4 rings (SSSR count). The third kappa shape index (κ3) is 3.12. The predicted molar refractivity (Wildman–Crippen MR) is 97.8 cm³/mol. The third-order valence-corrected chi connectivity index (χ3v) is 4.92. The van der Waals surface area contributed by atoms with E-state index >= 15 is 0 Å². The summed E-state index contributed by atoms with van der Waals surface area (Å²) < 4.78 is 29.5. The summed E-state index contributed by atoms with van der Waals surface area (Å²) in [5, 5.41) is 0.564. The summed E-state index contributed by atoms with van der Waals surface area (Å²) in [7, 11) is 0. The van der Waals surface area contributed by atoms with E-state index in [1.54, 1.807) is 12.3 Å². The molecule has 0 amide bonds. The largest absolute Gasteiger partial charge is 0.340 e. The normalized spacial score (nSPS) is 19.8. The monoisotopic (exact) mass is 377 g/mol. The molecular formula is C18H18ClF2N5. The Kier molecular flexibility index (Phi) is 4.28. The number of fused-ring (bicyclic) bond motifs is 1. The zero-order chi connectivity index (χ0) is 18.3. The highest BCUT2D eigenvalue weighted by Crippen LogP contribution is 2.31. The van der Waals surface area contributed by atoms with Gasteiger partial charge in [0.1, 0.15) is 0 Å². The van der Waals surface area contributed by atoms with Crippen molar-refractivity contribution in [1.29, 1.82) is 0 Å². The molecule has 1 saturated heterocycles. The number of nitrogens with two attached hydrogens (primary N) is 1. The number of hydrogen-bond donors (Lipinski definition) is 1. The molecule has 3 heterocycles. The number of nitrogens with zero attached hydrogens (tertiary/aromatic N) is 4. The maximum atomic E-state index is 13.8. The SMILES string of the molecule is NC1CN(c2nc3ccccc3n2Cc2ccc(Cl)cn2)CCC1(F)F. The van der Waals surface area contributed by atoms with Crippen LogP contribution in [0, 0.1) is 0 Å². The van der Waals surface area contributed by atoms with Crippen molar-refractivity contribution in [1.82, 2.24) is 14.5 Å². The van der Waals surface area contributed by atoms with Crippen molar-refractivity contribution < 1.29 is 8.78 Å². The number of imidazole rings is 1. The molecule has 1 fully saturated rings. The second-order valence-corrected chi connectivity index (χ2v) is 6.95. The lowest BCUT2D eigenvalue weighted by molar-refractivity contribution is -0.0395. The minimum absolute atomic E-state index is 0.0599. The molecule has 0 bridgehead atoms. The molecule has 0 aliphatic carbocycles. The van der Waals surface area contributed by atoms with Gasteiger partial charge >= 0.3 is 0 Å². The Bertz CT molecular complexity index is 925. The second-order valence-electron chi connectivity index (χ2n) is 6.52. The van der Waals surface area contributed by atoms with Crippen molar-refractivity contribution in [3.63, 3.8) is 0 Å². The average Bonchev–Trinajstić information content (AvgIpc) is 2.98. The maximum absolute atomic E-state index is 13.8. The van der Waals surface area contributed by atoms with Gasteiger partial charge in [-0.3, -0.25) is 4.98 Å². The smallest absolute Gasteiger partial charge is 0.266 e. The van der Waals surface area contributed by atoms with E-state index in [1.165, 1.54) is 0 Å². The van der Waals surface area contributed by atoms with E-state index in [9.17, 15) is 8.78 Å².